The Morgan fingerprint density at radius 2 is 2.29 bits per heavy atom. The summed E-state index contributed by atoms with van der Waals surface area (Å²) in [5, 5.41) is 9.43. The van der Waals surface area contributed by atoms with E-state index in [1.165, 1.54) is 19.3 Å². The first-order valence-corrected chi connectivity index (χ1v) is 6.60. The minimum Gasteiger partial charge on any atom is -0.369 e. The Labute approximate surface area is 108 Å². The highest BCUT2D eigenvalue weighted by atomic mass is 35.5. The van der Waals surface area contributed by atoms with Gasteiger partial charge in [-0.15, -0.1) is 0 Å². The molecule has 0 amide bonds. The van der Waals surface area contributed by atoms with Crippen molar-refractivity contribution in [2.24, 2.45) is 0 Å². The molecule has 1 aliphatic rings. The fourth-order valence-electron chi connectivity index (χ4n) is 2.54. The maximum absolute atomic E-state index is 8.87. The van der Waals surface area contributed by atoms with Crippen LogP contribution in [0, 0.1) is 11.3 Å². The van der Waals surface area contributed by atoms with Crippen LogP contribution in [0.1, 0.15) is 38.2 Å². The summed E-state index contributed by atoms with van der Waals surface area (Å²) in [6.07, 6.45) is 4.98. The van der Waals surface area contributed by atoms with Gasteiger partial charge in [0, 0.05) is 18.3 Å². The van der Waals surface area contributed by atoms with Crippen molar-refractivity contribution in [2.75, 3.05) is 11.4 Å². The SMILES string of the molecule is CC[C@H]1CCCCN1c1ccc(C#N)c(Cl)c1. The largest absolute Gasteiger partial charge is 0.369 e. The first-order chi connectivity index (χ1) is 8.26. The van der Waals surface area contributed by atoms with Gasteiger partial charge in [0.2, 0.25) is 0 Å². The first kappa shape index (κ1) is 12.3. The summed E-state index contributed by atoms with van der Waals surface area (Å²) in [7, 11) is 0. The third-order valence-electron chi connectivity index (χ3n) is 3.50. The standard InChI is InChI=1S/C14H17ClN2/c1-2-12-5-3-4-8-17(12)13-7-6-11(10-16)14(15)9-13/h6-7,9,12H,2-5,8H2,1H3/t12-/m0/s1. The molecule has 17 heavy (non-hydrogen) atoms. The van der Waals surface area contributed by atoms with Gasteiger partial charge in [-0.1, -0.05) is 18.5 Å². The molecule has 0 aliphatic carbocycles. The zero-order chi connectivity index (χ0) is 12.3. The Morgan fingerprint density at radius 3 is 2.94 bits per heavy atom. The second kappa shape index (κ2) is 5.42. The van der Waals surface area contributed by atoms with E-state index in [1.807, 2.05) is 18.2 Å². The van der Waals surface area contributed by atoms with E-state index in [0.29, 0.717) is 16.6 Å². The highest BCUT2D eigenvalue weighted by Crippen LogP contribution is 2.29. The van der Waals surface area contributed by atoms with E-state index in [0.717, 1.165) is 18.7 Å². The van der Waals surface area contributed by atoms with Gasteiger partial charge in [0.1, 0.15) is 6.07 Å². The topological polar surface area (TPSA) is 27.0 Å². The van der Waals surface area contributed by atoms with Crippen molar-refractivity contribution in [3.63, 3.8) is 0 Å². The molecule has 1 aromatic carbocycles. The summed E-state index contributed by atoms with van der Waals surface area (Å²) in [5.74, 6) is 0. The number of hydrogen-bond acceptors (Lipinski definition) is 2. The average molecular weight is 249 g/mol. The van der Waals surface area contributed by atoms with E-state index in [4.69, 9.17) is 16.9 Å². The van der Waals surface area contributed by atoms with Crippen molar-refractivity contribution in [1.82, 2.24) is 0 Å². The van der Waals surface area contributed by atoms with Crippen LogP contribution in [0.25, 0.3) is 0 Å². The van der Waals surface area contributed by atoms with Crippen LogP contribution in [0.4, 0.5) is 5.69 Å². The summed E-state index contributed by atoms with van der Waals surface area (Å²) in [5.41, 5.74) is 1.71. The molecule has 1 saturated heterocycles. The van der Waals surface area contributed by atoms with Gasteiger partial charge in [-0.05, 0) is 43.9 Å². The van der Waals surface area contributed by atoms with E-state index >= 15 is 0 Å². The maximum Gasteiger partial charge on any atom is 0.101 e. The van der Waals surface area contributed by atoms with Gasteiger partial charge in [0.05, 0.1) is 10.6 Å². The fourth-order valence-corrected chi connectivity index (χ4v) is 2.76. The molecular formula is C14H17ClN2. The van der Waals surface area contributed by atoms with Crippen LogP contribution in [-0.2, 0) is 0 Å². The van der Waals surface area contributed by atoms with Crippen LogP contribution in [0.3, 0.4) is 0 Å². The maximum atomic E-state index is 8.87. The molecule has 1 aromatic rings. The molecule has 0 saturated carbocycles. The molecule has 1 atom stereocenters. The van der Waals surface area contributed by atoms with Crippen LogP contribution in [0.15, 0.2) is 18.2 Å². The molecule has 0 aromatic heterocycles. The number of hydrogen-bond donors (Lipinski definition) is 0. The molecule has 2 nitrogen and oxygen atoms in total. The van der Waals surface area contributed by atoms with Crippen LogP contribution >= 0.6 is 11.6 Å². The molecule has 1 fully saturated rings. The quantitative estimate of drug-likeness (QED) is 0.792. The fraction of sp³-hybridized carbons (Fsp3) is 0.500. The van der Waals surface area contributed by atoms with Crippen molar-refractivity contribution in [1.29, 1.82) is 5.26 Å². The molecule has 90 valence electrons. The van der Waals surface area contributed by atoms with Crippen molar-refractivity contribution in [2.45, 2.75) is 38.6 Å². The zero-order valence-electron chi connectivity index (χ0n) is 10.1. The molecule has 1 heterocycles. The number of rotatable bonds is 2. The van der Waals surface area contributed by atoms with E-state index in [9.17, 15) is 0 Å². The second-order valence-corrected chi connectivity index (χ2v) is 4.93. The lowest BCUT2D eigenvalue weighted by atomic mass is 9.99. The van der Waals surface area contributed by atoms with Gasteiger partial charge in [-0.2, -0.15) is 5.26 Å². The molecule has 1 aliphatic heterocycles. The summed E-state index contributed by atoms with van der Waals surface area (Å²) >= 11 is 6.09. The number of benzene rings is 1. The van der Waals surface area contributed by atoms with Gasteiger partial charge < -0.3 is 4.90 Å². The van der Waals surface area contributed by atoms with Crippen molar-refractivity contribution in [3.05, 3.63) is 28.8 Å². The predicted molar refractivity (Wildman–Crippen MR) is 71.4 cm³/mol. The first-order valence-electron chi connectivity index (χ1n) is 6.22. The van der Waals surface area contributed by atoms with Crippen molar-refractivity contribution < 1.29 is 0 Å². The van der Waals surface area contributed by atoms with Gasteiger partial charge in [0.15, 0.2) is 0 Å². The molecule has 2 rings (SSSR count). The van der Waals surface area contributed by atoms with Crippen molar-refractivity contribution in [3.8, 4) is 6.07 Å². The predicted octanol–water partition coefficient (Wildman–Crippen LogP) is 3.98. The van der Waals surface area contributed by atoms with E-state index in [2.05, 4.69) is 17.9 Å². The lowest BCUT2D eigenvalue weighted by Gasteiger charge is -2.37. The number of piperidine rings is 1. The molecule has 0 spiro atoms. The van der Waals surface area contributed by atoms with E-state index in [1.54, 1.807) is 0 Å². The van der Waals surface area contributed by atoms with Crippen LogP contribution < -0.4 is 4.90 Å². The number of halogens is 1. The monoisotopic (exact) mass is 248 g/mol. The minimum absolute atomic E-state index is 0.556. The van der Waals surface area contributed by atoms with Gasteiger partial charge >= 0.3 is 0 Å². The Morgan fingerprint density at radius 1 is 1.47 bits per heavy atom. The normalized spacial score (nSPS) is 20.1. The van der Waals surface area contributed by atoms with Crippen LogP contribution in [0.5, 0.6) is 0 Å². The smallest absolute Gasteiger partial charge is 0.101 e. The Hall–Kier alpha value is -1.20. The highest BCUT2D eigenvalue weighted by Gasteiger charge is 2.21. The second-order valence-electron chi connectivity index (χ2n) is 4.53. The molecule has 0 N–H and O–H groups in total. The number of nitriles is 1. The molecule has 0 unspecified atom stereocenters. The van der Waals surface area contributed by atoms with Crippen LogP contribution in [-0.4, -0.2) is 12.6 Å². The molecule has 0 radical (unpaired) electrons. The molecule has 0 bridgehead atoms. The van der Waals surface area contributed by atoms with Crippen LogP contribution in [0.2, 0.25) is 5.02 Å². The van der Waals surface area contributed by atoms with Crippen molar-refractivity contribution >= 4 is 17.3 Å². The third-order valence-corrected chi connectivity index (χ3v) is 3.82. The van der Waals surface area contributed by atoms with Gasteiger partial charge in [0.25, 0.3) is 0 Å². The summed E-state index contributed by atoms with van der Waals surface area (Å²) in [4.78, 5) is 2.43. The van der Waals surface area contributed by atoms with E-state index in [-0.39, 0.29) is 0 Å². The van der Waals surface area contributed by atoms with E-state index < -0.39 is 0 Å². The Balaban J connectivity index is 2.26. The summed E-state index contributed by atoms with van der Waals surface area (Å²) in [6, 6.07) is 8.47. The average Bonchev–Trinajstić information content (AvgIpc) is 2.38. The third kappa shape index (κ3) is 2.56. The lowest BCUT2D eigenvalue weighted by Crippen LogP contribution is -2.39. The number of anilines is 1. The summed E-state index contributed by atoms with van der Waals surface area (Å²) < 4.78 is 0. The number of nitrogens with zero attached hydrogens (tertiary/aromatic N) is 2. The van der Waals surface area contributed by atoms with Gasteiger partial charge in [-0.25, -0.2) is 0 Å². The highest BCUT2D eigenvalue weighted by molar-refractivity contribution is 6.32. The summed E-state index contributed by atoms with van der Waals surface area (Å²) in [6.45, 7) is 3.33. The Bertz CT molecular complexity index is 436. The lowest BCUT2D eigenvalue weighted by molar-refractivity contribution is 0.450. The molecule has 3 heteroatoms. The molecular weight excluding hydrogens is 232 g/mol. The Kier molecular flexibility index (Phi) is 3.91. The van der Waals surface area contributed by atoms with Gasteiger partial charge in [-0.3, -0.25) is 0 Å². The zero-order valence-corrected chi connectivity index (χ0v) is 10.9. The minimum atomic E-state index is 0.556.